The summed E-state index contributed by atoms with van der Waals surface area (Å²) in [5, 5.41) is 5.78. The number of amides is 3. The first-order valence-corrected chi connectivity index (χ1v) is 12.1. The number of aryl methyl sites for hydroxylation is 1. The molecule has 8 heteroatoms. The van der Waals surface area contributed by atoms with Gasteiger partial charge in [-0.2, -0.15) is 0 Å². The van der Waals surface area contributed by atoms with E-state index < -0.39 is 11.9 Å². The number of ether oxygens (including phenoxy) is 1. The van der Waals surface area contributed by atoms with Crippen LogP contribution in [0.15, 0.2) is 47.1 Å². The summed E-state index contributed by atoms with van der Waals surface area (Å²) < 4.78 is 10.9. The van der Waals surface area contributed by atoms with Crippen molar-refractivity contribution in [1.29, 1.82) is 0 Å². The maximum Gasteiger partial charge on any atom is 0.287 e. The Hall–Kier alpha value is -3.13. The average Bonchev–Trinajstić information content (AvgIpc) is 3.62. The van der Waals surface area contributed by atoms with E-state index in [9.17, 15) is 14.4 Å². The molecule has 2 fully saturated rings. The van der Waals surface area contributed by atoms with Gasteiger partial charge in [0.25, 0.3) is 5.91 Å². The maximum absolute atomic E-state index is 13.6. The van der Waals surface area contributed by atoms with Crippen molar-refractivity contribution in [3.63, 3.8) is 0 Å². The second-order valence-electron chi connectivity index (χ2n) is 9.14. The normalized spacial score (nSPS) is 19.0. The van der Waals surface area contributed by atoms with E-state index in [1.165, 1.54) is 12.3 Å². The van der Waals surface area contributed by atoms with Crippen LogP contribution in [0.25, 0.3) is 0 Å². The Balaban J connectivity index is 1.57. The molecular weight excluding hydrogens is 434 g/mol. The summed E-state index contributed by atoms with van der Waals surface area (Å²) in [4.78, 5) is 41.0. The molecule has 34 heavy (non-hydrogen) atoms. The van der Waals surface area contributed by atoms with Gasteiger partial charge in [0.1, 0.15) is 6.04 Å². The van der Waals surface area contributed by atoms with Gasteiger partial charge in [0.2, 0.25) is 11.8 Å². The molecule has 1 aromatic carbocycles. The van der Waals surface area contributed by atoms with E-state index in [1.807, 2.05) is 31.2 Å². The van der Waals surface area contributed by atoms with Gasteiger partial charge in [-0.1, -0.05) is 42.7 Å². The van der Waals surface area contributed by atoms with E-state index in [0.717, 1.165) is 49.7 Å². The Kier molecular flexibility index (Phi) is 8.00. The van der Waals surface area contributed by atoms with Gasteiger partial charge in [-0.25, -0.2) is 0 Å². The molecule has 3 amide bonds. The standard InChI is InChI=1S/C26H33N3O5/c1-18-10-12-19(13-11-18)24(26(32)28-20-6-2-3-7-20)29(17-21-8-4-14-33-21)23(30)16-27-25(31)22-9-5-15-34-22/h5,9-13,15,20-21,24H,2-4,6-8,14,16-17H2,1H3,(H,27,31)(H,28,32). The predicted molar refractivity (Wildman–Crippen MR) is 126 cm³/mol. The molecule has 1 saturated carbocycles. The lowest BCUT2D eigenvalue weighted by Crippen LogP contribution is -2.50. The Morgan fingerprint density at radius 3 is 2.47 bits per heavy atom. The molecule has 182 valence electrons. The number of rotatable bonds is 9. The van der Waals surface area contributed by atoms with E-state index in [1.54, 1.807) is 11.0 Å². The van der Waals surface area contributed by atoms with Gasteiger partial charge in [0.15, 0.2) is 5.76 Å². The van der Waals surface area contributed by atoms with Crippen LogP contribution in [0.2, 0.25) is 0 Å². The number of benzene rings is 1. The van der Waals surface area contributed by atoms with E-state index in [2.05, 4.69) is 10.6 Å². The van der Waals surface area contributed by atoms with Gasteiger partial charge >= 0.3 is 0 Å². The molecule has 0 bridgehead atoms. The van der Waals surface area contributed by atoms with Crippen LogP contribution in [0.5, 0.6) is 0 Å². The summed E-state index contributed by atoms with van der Waals surface area (Å²) in [5.74, 6) is -0.882. The topological polar surface area (TPSA) is 101 Å². The quantitative estimate of drug-likeness (QED) is 0.590. The van der Waals surface area contributed by atoms with Crippen molar-refractivity contribution in [3.05, 3.63) is 59.5 Å². The number of hydrogen-bond donors (Lipinski definition) is 2. The van der Waals surface area contributed by atoms with Gasteiger partial charge in [0.05, 0.1) is 18.9 Å². The first kappa shape index (κ1) is 24.0. The SMILES string of the molecule is Cc1ccc(C(C(=O)NC2CCCC2)N(CC2CCCO2)C(=O)CNC(=O)c2ccco2)cc1. The fourth-order valence-electron chi connectivity index (χ4n) is 4.68. The smallest absolute Gasteiger partial charge is 0.287 e. The summed E-state index contributed by atoms with van der Waals surface area (Å²) in [5.41, 5.74) is 1.81. The maximum atomic E-state index is 13.6. The van der Waals surface area contributed by atoms with Crippen LogP contribution < -0.4 is 10.6 Å². The van der Waals surface area contributed by atoms with Gasteiger partial charge < -0.3 is 24.7 Å². The van der Waals surface area contributed by atoms with E-state index in [0.29, 0.717) is 6.61 Å². The number of nitrogens with zero attached hydrogens (tertiary/aromatic N) is 1. The summed E-state index contributed by atoms with van der Waals surface area (Å²) in [6.07, 6.45) is 7.10. The van der Waals surface area contributed by atoms with E-state index in [-0.39, 0.29) is 42.8 Å². The van der Waals surface area contributed by atoms with Crippen LogP contribution in [-0.4, -0.2) is 54.5 Å². The molecule has 2 aromatic rings. The highest BCUT2D eigenvalue weighted by molar-refractivity contribution is 5.95. The van der Waals surface area contributed by atoms with Crippen LogP contribution in [0, 0.1) is 6.92 Å². The first-order chi connectivity index (χ1) is 16.5. The van der Waals surface area contributed by atoms with Crippen molar-refractivity contribution in [3.8, 4) is 0 Å². The fraction of sp³-hybridized carbons (Fsp3) is 0.500. The third-order valence-electron chi connectivity index (χ3n) is 6.54. The molecule has 2 N–H and O–H groups in total. The summed E-state index contributed by atoms with van der Waals surface area (Å²) >= 11 is 0. The predicted octanol–water partition coefficient (Wildman–Crippen LogP) is 3.13. The third-order valence-corrected chi connectivity index (χ3v) is 6.54. The van der Waals surface area contributed by atoms with Crippen molar-refractivity contribution < 1.29 is 23.5 Å². The van der Waals surface area contributed by atoms with Crippen molar-refractivity contribution in [2.45, 2.75) is 63.6 Å². The minimum Gasteiger partial charge on any atom is -0.459 e. The number of hydrogen-bond acceptors (Lipinski definition) is 5. The lowest BCUT2D eigenvalue weighted by Gasteiger charge is -2.34. The Morgan fingerprint density at radius 1 is 1.06 bits per heavy atom. The molecule has 4 rings (SSSR count). The molecule has 0 spiro atoms. The number of nitrogens with one attached hydrogen (secondary N) is 2. The lowest BCUT2D eigenvalue weighted by atomic mass is 10.0. The largest absolute Gasteiger partial charge is 0.459 e. The molecule has 2 aliphatic rings. The van der Waals surface area contributed by atoms with E-state index in [4.69, 9.17) is 9.15 Å². The molecule has 0 radical (unpaired) electrons. The zero-order valence-electron chi connectivity index (χ0n) is 19.6. The Morgan fingerprint density at radius 2 is 1.82 bits per heavy atom. The second kappa shape index (κ2) is 11.3. The Labute approximate surface area is 200 Å². The number of furan rings is 1. The summed E-state index contributed by atoms with van der Waals surface area (Å²) in [7, 11) is 0. The highest BCUT2D eigenvalue weighted by atomic mass is 16.5. The molecule has 1 aliphatic heterocycles. The van der Waals surface area contributed by atoms with Gasteiger partial charge in [-0.3, -0.25) is 14.4 Å². The molecule has 2 unspecified atom stereocenters. The van der Waals surface area contributed by atoms with Crippen LogP contribution in [0.1, 0.15) is 66.2 Å². The second-order valence-corrected chi connectivity index (χ2v) is 9.14. The molecule has 2 atom stereocenters. The minimum absolute atomic E-state index is 0.124. The third kappa shape index (κ3) is 6.05. The van der Waals surface area contributed by atoms with Gasteiger partial charge in [-0.15, -0.1) is 0 Å². The van der Waals surface area contributed by atoms with E-state index >= 15 is 0 Å². The van der Waals surface area contributed by atoms with Crippen LogP contribution in [0.4, 0.5) is 0 Å². The summed E-state index contributed by atoms with van der Waals surface area (Å²) in [6.45, 7) is 2.67. The van der Waals surface area contributed by atoms with Crippen LogP contribution >= 0.6 is 0 Å². The highest BCUT2D eigenvalue weighted by Gasteiger charge is 2.35. The van der Waals surface area contributed by atoms with Crippen molar-refractivity contribution >= 4 is 17.7 Å². The molecular formula is C26H33N3O5. The van der Waals surface area contributed by atoms with Crippen LogP contribution in [0.3, 0.4) is 0 Å². The Bertz CT molecular complexity index is 961. The van der Waals surface area contributed by atoms with Crippen molar-refractivity contribution in [2.24, 2.45) is 0 Å². The number of carbonyl (C=O) groups is 3. The minimum atomic E-state index is -0.807. The van der Waals surface area contributed by atoms with Crippen molar-refractivity contribution in [2.75, 3.05) is 19.7 Å². The first-order valence-electron chi connectivity index (χ1n) is 12.1. The molecule has 8 nitrogen and oxygen atoms in total. The average molecular weight is 468 g/mol. The molecule has 1 saturated heterocycles. The zero-order valence-corrected chi connectivity index (χ0v) is 19.6. The number of carbonyl (C=O) groups excluding carboxylic acids is 3. The van der Waals surface area contributed by atoms with Crippen molar-refractivity contribution in [1.82, 2.24) is 15.5 Å². The monoisotopic (exact) mass is 467 g/mol. The molecule has 2 heterocycles. The summed E-state index contributed by atoms with van der Waals surface area (Å²) in [6, 6.07) is 10.1. The molecule has 1 aliphatic carbocycles. The zero-order chi connectivity index (χ0) is 23.9. The van der Waals surface area contributed by atoms with Gasteiger partial charge in [0, 0.05) is 19.2 Å². The van der Waals surface area contributed by atoms with Crippen LogP contribution in [-0.2, 0) is 14.3 Å². The van der Waals surface area contributed by atoms with Gasteiger partial charge in [-0.05, 0) is 50.3 Å². The highest BCUT2D eigenvalue weighted by Crippen LogP contribution is 2.26. The fourth-order valence-corrected chi connectivity index (χ4v) is 4.68. The molecule has 1 aromatic heterocycles. The lowest BCUT2D eigenvalue weighted by molar-refractivity contribution is -0.142.